The minimum absolute atomic E-state index is 0.0411. The molecule has 0 aromatic heterocycles. The number of ether oxygens (including phenoxy) is 1. The number of halogens is 1. The Kier molecular flexibility index (Phi) is 10.5. The Hall–Kier alpha value is -0.510. The first kappa shape index (κ1) is 26.1. The minimum atomic E-state index is -3.46. The highest BCUT2D eigenvalue weighted by Gasteiger charge is 2.31. The molecule has 1 aliphatic carbocycles. The quantitative estimate of drug-likeness (QED) is 0.429. The molecule has 2 fully saturated rings. The standard InChI is InChI=1S/C24H39BrN2O4S/c1-26(32(29,30)24-12-6-20(25)7-13-24)21-8-10-23(11-9-21)31-19-5-3-2-4-16-27-17-14-22(28)15-18-27/h6-7,12-13,21-23,28H,2-5,8-11,14-19H2,1H3/t21-,23-. The maximum Gasteiger partial charge on any atom is 0.243 e. The van der Waals surface area contributed by atoms with Gasteiger partial charge in [0.15, 0.2) is 0 Å². The van der Waals surface area contributed by atoms with Crippen molar-refractivity contribution in [3.05, 3.63) is 28.7 Å². The zero-order valence-electron chi connectivity index (χ0n) is 19.3. The van der Waals surface area contributed by atoms with Crippen LogP contribution >= 0.6 is 15.9 Å². The van der Waals surface area contributed by atoms with E-state index in [2.05, 4.69) is 20.8 Å². The lowest BCUT2D eigenvalue weighted by molar-refractivity contribution is 0.0155. The first-order valence-electron chi connectivity index (χ1n) is 12.1. The number of aliphatic hydroxyl groups excluding tert-OH is 1. The van der Waals surface area contributed by atoms with Crippen LogP contribution in [0.4, 0.5) is 0 Å². The van der Waals surface area contributed by atoms with Crippen molar-refractivity contribution in [1.29, 1.82) is 0 Å². The van der Waals surface area contributed by atoms with Gasteiger partial charge in [0.1, 0.15) is 0 Å². The number of unbranched alkanes of at least 4 members (excludes halogenated alkanes) is 3. The predicted octanol–water partition coefficient (Wildman–Crippen LogP) is 4.41. The van der Waals surface area contributed by atoms with Gasteiger partial charge in [-0.15, -0.1) is 0 Å². The number of hydrogen-bond donors (Lipinski definition) is 1. The molecule has 1 heterocycles. The Morgan fingerprint density at radius 1 is 1.00 bits per heavy atom. The van der Waals surface area contributed by atoms with Gasteiger partial charge in [0.05, 0.1) is 17.1 Å². The molecular weight excluding hydrogens is 492 g/mol. The van der Waals surface area contributed by atoms with Gasteiger partial charge in [-0.3, -0.25) is 0 Å². The molecule has 3 rings (SSSR count). The number of piperidine rings is 1. The summed E-state index contributed by atoms with van der Waals surface area (Å²) >= 11 is 3.36. The smallest absolute Gasteiger partial charge is 0.243 e. The number of sulfonamides is 1. The molecule has 1 saturated heterocycles. The molecule has 0 amide bonds. The zero-order valence-corrected chi connectivity index (χ0v) is 21.7. The molecule has 6 nitrogen and oxygen atoms in total. The van der Waals surface area contributed by atoms with E-state index >= 15 is 0 Å². The van der Waals surface area contributed by atoms with Crippen molar-refractivity contribution in [3.63, 3.8) is 0 Å². The van der Waals surface area contributed by atoms with Gasteiger partial charge < -0.3 is 14.7 Å². The Morgan fingerprint density at radius 2 is 1.62 bits per heavy atom. The van der Waals surface area contributed by atoms with Crippen LogP contribution in [0.1, 0.15) is 64.2 Å². The average Bonchev–Trinajstić information content (AvgIpc) is 2.80. The van der Waals surface area contributed by atoms with Gasteiger partial charge in [-0.1, -0.05) is 28.8 Å². The molecule has 32 heavy (non-hydrogen) atoms. The Morgan fingerprint density at radius 3 is 2.28 bits per heavy atom. The van der Waals surface area contributed by atoms with Crippen molar-refractivity contribution in [1.82, 2.24) is 9.21 Å². The molecule has 1 saturated carbocycles. The molecule has 8 heteroatoms. The van der Waals surface area contributed by atoms with Crippen LogP contribution in [0.25, 0.3) is 0 Å². The predicted molar refractivity (Wildman–Crippen MR) is 131 cm³/mol. The van der Waals surface area contributed by atoms with Gasteiger partial charge in [0.25, 0.3) is 0 Å². The van der Waals surface area contributed by atoms with E-state index in [1.807, 2.05) is 0 Å². The third-order valence-corrected chi connectivity index (χ3v) is 9.38. The number of aliphatic hydroxyl groups is 1. The monoisotopic (exact) mass is 530 g/mol. The molecule has 2 aliphatic rings. The van der Waals surface area contributed by atoms with Crippen LogP contribution in [0.15, 0.2) is 33.6 Å². The van der Waals surface area contributed by atoms with Gasteiger partial charge in [-0.2, -0.15) is 4.31 Å². The second-order valence-corrected chi connectivity index (χ2v) is 12.2. The lowest BCUT2D eigenvalue weighted by Gasteiger charge is -2.34. The van der Waals surface area contributed by atoms with Crippen LogP contribution < -0.4 is 0 Å². The number of rotatable bonds is 11. The van der Waals surface area contributed by atoms with E-state index in [0.29, 0.717) is 4.90 Å². The summed E-state index contributed by atoms with van der Waals surface area (Å²) < 4.78 is 34.3. The van der Waals surface area contributed by atoms with E-state index in [1.165, 1.54) is 19.3 Å². The first-order chi connectivity index (χ1) is 15.4. The molecule has 1 aromatic rings. The fourth-order valence-electron chi connectivity index (χ4n) is 4.73. The molecule has 1 aliphatic heterocycles. The van der Waals surface area contributed by atoms with Gasteiger partial charge in [0.2, 0.25) is 10.0 Å². The van der Waals surface area contributed by atoms with Crippen molar-refractivity contribution < 1.29 is 18.3 Å². The van der Waals surface area contributed by atoms with Crippen LogP contribution in [-0.2, 0) is 14.8 Å². The summed E-state index contributed by atoms with van der Waals surface area (Å²) in [5.41, 5.74) is 0. The molecule has 1 aromatic carbocycles. The lowest BCUT2D eigenvalue weighted by Crippen LogP contribution is -2.40. The van der Waals surface area contributed by atoms with Gasteiger partial charge in [0, 0.05) is 37.3 Å². The van der Waals surface area contributed by atoms with Crippen molar-refractivity contribution in [2.75, 3.05) is 33.3 Å². The third-order valence-electron chi connectivity index (χ3n) is 6.93. The number of likely N-dealkylation sites (tertiary alicyclic amines) is 1. The Bertz CT molecular complexity index is 774. The molecule has 0 radical (unpaired) electrons. The van der Waals surface area contributed by atoms with E-state index in [-0.39, 0.29) is 18.2 Å². The van der Waals surface area contributed by atoms with Crippen LogP contribution in [0, 0.1) is 0 Å². The number of hydrogen-bond acceptors (Lipinski definition) is 5. The van der Waals surface area contributed by atoms with Crippen molar-refractivity contribution >= 4 is 26.0 Å². The van der Waals surface area contributed by atoms with Gasteiger partial charge >= 0.3 is 0 Å². The van der Waals surface area contributed by atoms with E-state index in [1.54, 1.807) is 35.6 Å². The van der Waals surface area contributed by atoms with Crippen LogP contribution in [0.3, 0.4) is 0 Å². The fraction of sp³-hybridized carbons (Fsp3) is 0.750. The normalized spacial score (nSPS) is 23.6. The Labute approximate surface area is 202 Å². The highest BCUT2D eigenvalue weighted by molar-refractivity contribution is 9.10. The maximum absolute atomic E-state index is 12.9. The summed E-state index contributed by atoms with van der Waals surface area (Å²) in [5.74, 6) is 0. The fourth-order valence-corrected chi connectivity index (χ4v) is 6.41. The number of nitrogens with zero attached hydrogens (tertiary/aromatic N) is 2. The van der Waals surface area contributed by atoms with E-state index < -0.39 is 10.0 Å². The second kappa shape index (κ2) is 12.8. The molecule has 0 unspecified atom stereocenters. The first-order valence-corrected chi connectivity index (χ1v) is 14.3. The van der Waals surface area contributed by atoms with Gasteiger partial charge in [-0.25, -0.2) is 8.42 Å². The van der Waals surface area contributed by atoms with Crippen LogP contribution in [0.2, 0.25) is 0 Å². The molecule has 0 bridgehead atoms. The highest BCUT2D eigenvalue weighted by atomic mass is 79.9. The summed E-state index contributed by atoms with van der Waals surface area (Å²) in [7, 11) is -1.75. The third kappa shape index (κ3) is 7.77. The van der Waals surface area contributed by atoms with Crippen molar-refractivity contribution in [2.45, 2.75) is 87.4 Å². The zero-order chi connectivity index (χ0) is 23.0. The largest absolute Gasteiger partial charge is 0.393 e. The molecule has 0 atom stereocenters. The van der Waals surface area contributed by atoms with Crippen molar-refractivity contribution in [3.8, 4) is 0 Å². The average molecular weight is 532 g/mol. The minimum Gasteiger partial charge on any atom is -0.393 e. The topological polar surface area (TPSA) is 70.1 Å². The SMILES string of the molecule is CN([C@H]1CC[C@H](OCCCCCCN2CCC(O)CC2)CC1)S(=O)(=O)c1ccc(Br)cc1. The van der Waals surface area contributed by atoms with E-state index in [4.69, 9.17) is 4.74 Å². The van der Waals surface area contributed by atoms with Crippen LogP contribution in [-0.4, -0.2) is 74.3 Å². The summed E-state index contributed by atoms with van der Waals surface area (Å²) in [5, 5.41) is 9.56. The summed E-state index contributed by atoms with van der Waals surface area (Å²) in [6.45, 7) is 4.02. The summed E-state index contributed by atoms with van der Waals surface area (Å²) in [6, 6.07) is 6.89. The van der Waals surface area contributed by atoms with Gasteiger partial charge in [-0.05, 0) is 82.2 Å². The highest BCUT2D eigenvalue weighted by Crippen LogP contribution is 2.28. The Balaban J connectivity index is 1.27. The summed E-state index contributed by atoms with van der Waals surface area (Å²) in [6.07, 6.45) is 10.3. The van der Waals surface area contributed by atoms with Crippen molar-refractivity contribution in [2.24, 2.45) is 0 Å². The van der Waals surface area contributed by atoms with E-state index in [0.717, 1.165) is 75.7 Å². The molecular formula is C24H39BrN2O4S. The second-order valence-electron chi connectivity index (χ2n) is 9.26. The van der Waals surface area contributed by atoms with E-state index in [9.17, 15) is 13.5 Å². The lowest BCUT2D eigenvalue weighted by atomic mass is 9.93. The molecule has 1 N–H and O–H groups in total. The number of benzene rings is 1. The van der Waals surface area contributed by atoms with Crippen LogP contribution in [0.5, 0.6) is 0 Å². The molecule has 182 valence electrons. The maximum atomic E-state index is 12.9. The molecule has 0 spiro atoms. The summed E-state index contributed by atoms with van der Waals surface area (Å²) in [4.78, 5) is 2.81.